The van der Waals surface area contributed by atoms with Crippen LogP contribution >= 0.6 is 0 Å². The standard InChI is InChI=1S/C28H33NO4/c1-31-23-11-9-20(10-12-23)24(19-7-5-4-6-8-19)13-14-29-25-15-21-17-27(32-2)28(33-3)18-22(21)16-26(25)30/h4-12,17-18,24-26,29-30H,13-16H2,1-3H3/t24?,25-,26-/m0/s1. The van der Waals surface area contributed by atoms with Gasteiger partial charge in [-0.05, 0) is 65.9 Å². The summed E-state index contributed by atoms with van der Waals surface area (Å²) in [4.78, 5) is 0. The highest BCUT2D eigenvalue weighted by molar-refractivity contribution is 5.49. The van der Waals surface area contributed by atoms with Gasteiger partial charge in [-0.1, -0.05) is 42.5 Å². The minimum Gasteiger partial charge on any atom is -0.497 e. The van der Waals surface area contributed by atoms with Gasteiger partial charge in [0.15, 0.2) is 11.5 Å². The van der Waals surface area contributed by atoms with E-state index in [0.29, 0.717) is 12.2 Å². The van der Waals surface area contributed by atoms with E-state index in [1.54, 1.807) is 21.3 Å². The van der Waals surface area contributed by atoms with E-state index >= 15 is 0 Å². The average Bonchev–Trinajstić information content (AvgIpc) is 2.86. The molecule has 174 valence electrons. The SMILES string of the molecule is COc1ccc(C(CCN[C@H]2Cc3cc(OC)c(OC)cc3C[C@@H]2O)c2ccccc2)cc1. The molecule has 2 N–H and O–H groups in total. The maximum atomic E-state index is 10.8. The minimum atomic E-state index is -0.438. The summed E-state index contributed by atoms with van der Waals surface area (Å²) < 4.78 is 16.2. The second-order valence-electron chi connectivity index (χ2n) is 8.54. The Morgan fingerprint density at radius 2 is 1.42 bits per heavy atom. The molecule has 0 saturated heterocycles. The molecule has 0 amide bonds. The van der Waals surface area contributed by atoms with Gasteiger partial charge in [0.1, 0.15) is 5.75 Å². The van der Waals surface area contributed by atoms with Crippen molar-refractivity contribution >= 4 is 0 Å². The first-order chi connectivity index (χ1) is 16.1. The molecular weight excluding hydrogens is 414 g/mol. The van der Waals surface area contributed by atoms with Crippen LogP contribution in [-0.4, -0.2) is 45.1 Å². The average molecular weight is 448 g/mol. The monoisotopic (exact) mass is 447 g/mol. The van der Waals surface area contributed by atoms with Crippen LogP contribution in [0.2, 0.25) is 0 Å². The van der Waals surface area contributed by atoms with Crippen LogP contribution in [0.1, 0.15) is 34.6 Å². The van der Waals surface area contributed by atoms with Crippen LogP contribution in [0.15, 0.2) is 66.7 Å². The Hall–Kier alpha value is -3.02. The van der Waals surface area contributed by atoms with E-state index in [2.05, 4.69) is 41.7 Å². The number of rotatable bonds is 9. The minimum absolute atomic E-state index is 0.00268. The number of nitrogens with one attached hydrogen (secondary N) is 1. The zero-order valence-electron chi connectivity index (χ0n) is 19.6. The molecule has 33 heavy (non-hydrogen) atoms. The molecule has 3 aromatic carbocycles. The molecule has 0 aliphatic heterocycles. The van der Waals surface area contributed by atoms with Crippen molar-refractivity contribution in [3.63, 3.8) is 0 Å². The number of hydrogen-bond donors (Lipinski definition) is 2. The highest BCUT2D eigenvalue weighted by atomic mass is 16.5. The molecule has 0 heterocycles. The molecule has 0 bridgehead atoms. The van der Waals surface area contributed by atoms with Gasteiger partial charge in [0.2, 0.25) is 0 Å². The van der Waals surface area contributed by atoms with Gasteiger partial charge < -0.3 is 24.6 Å². The van der Waals surface area contributed by atoms with Crippen LogP contribution in [0.5, 0.6) is 17.2 Å². The number of benzene rings is 3. The molecule has 0 saturated carbocycles. The lowest BCUT2D eigenvalue weighted by molar-refractivity contribution is 0.119. The van der Waals surface area contributed by atoms with Gasteiger partial charge in [-0.25, -0.2) is 0 Å². The third-order valence-corrected chi connectivity index (χ3v) is 6.60. The maximum absolute atomic E-state index is 10.8. The van der Waals surface area contributed by atoms with Gasteiger partial charge in [-0.3, -0.25) is 0 Å². The zero-order chi connectivity index (χ0) is 23.2. The van der Waals surface area contributed by atoms with Crippen molar-refractivity contribution in [1.29, 1.82) is 0 Å². The van der Waals surface area contributed by atoms with Crippen molar-refractivity contribution in [2.45, 2.75) is 37.3 Å². The molecule has 3 aromatic rings. The number of hydrogen-bond acceptors (Lipinski definition) is 5. The van der Waals surface area contributed by atoms with Crippen LogP contribution in [-0.2, 0) is 12.8 Å². The lowest BCUT2D eigenvalue weighted by atomic mass is 9.85. The smallest absolute Gasteiger partial charge is 0.161 e. The molecule has 3 atom stereocenters. The quantitative estimate of drug-likeness (QED) is 0.511. The second-order valence-corrected chi connectivity index (χ2v) is 8.54. The number of methoxy groups -OCH3 is 3. The Kier molecular flexibility index (Phi) is 7.53. The molecule has 1 aliphatic carbocycles. The zero-order valence-corrected chi connectivity index (χ0v) is 19.6. The second kappa shape index (κ2) is 10.7. The molecule has 0 spiro atoms. The Balaban J connectivity index is 1.46. The van der Waals surface area contributed by atoms with Gasteiger partial charge in [-0.2, -0.15) is 0 Å². The van der Waals surface area contributed by atoms with Crippen LogP contribution in [0.4, 0.5) is 0 Å². The lowest BCUT2D eigenvalue weighted by Gasteiger charge is -2.32. The number of fused-ring (bicyclic) bond motifs is 1. The summed E-state index contributed by atoms with van der Waals surface area (Å²) in [7, 11) is 4.98. The molecule has 1 unspecified atom stereocenters. The molecule has 0 fully saturated rings. The molecule has 0 radical (unpaired) electrons. The third kappa shape index (κ3) is 5.32. The summed E-state index contributed by atoms with van der Waals surface area (Å²) in [5.41, 5.74) is 4.87. The normalized spacial score (nSPS) is 18.3. The maximum Gasteiger partial charge on any atom is 0.161 e. The van der Waals surface area contributed by atoms with Crippen molar-refractivity contribution in [2.24, 2.45) is 0 Å². The van der Waals surface area contributed by atoms with Crippen molar-refractivity contribution in [1.82, 2.24) is 5.32 Å². The van der Waals surface area contributed by atoms with Gasteiger partial charge in [0, 0.05) is 18.4 Å². The fourth-order valence-electron chi connectivity index (χ4n) is 4.75. The Bertz CT molecular complexity index is 1040. The molecule has 5 heteroatoms. The Labute approximate surface area is 196 Å². The highest BCUT2D eigenvalue weighted by Crippen LogP contribution is 2.34. The summed E-state index contributed by atoms with van der Waals surface area (Å²) in [5, 5.41) is 14.4. The van der Waals surface area contributed by atoms with E-state index in [1.807, 2.05) is 30.3 Å². The Morgan fingerprint density at radius 1 is 0.818 bits per heavy atom. The molecule has 5 nitrogen and oxygen atoms in total. The fourth-order valence-corrected chi connectivity index (χ4v) is 4.75. The van der Waals surface area contributed by atoms with Crippen LogP contribution in [0.3, 0.4) is 0 Å². The predicted molar refractivity (Wildman–Crippen MR) is 131 cm³/mol. The lowest BCUT2D eigenvalue weighted by Crippen LogP contribution is -2.46. The van der Waals surface area contributed by atoms with E-state index in [1.165, 1.54) is 16.7 Å². The summed E-state index contributed by atoms with van der Waals surface area (Å²) in [6.45, 7) is 0.802. The van der Waals surface area contributed by atoms with Gasteiger partial charge in [0.25, 0.3) is 0 Å². The van der Waals surface area contributed by atoms with Gasteiger partial charge in [-0.15, -0.1) is 0 Å². The van der Waals surface area contributed by atoms with Crippen LogP contribution in [0, 0.1) is 0 Å². The predicted octanol–water partition coefficient (Wildman–Crippen LogP) is 4.35. The molecular formula is C28H33NO4. The van der Waals surface area contributed by atoms with E-state index in [-0.39, 0.29) is 12.0 Å². The number of ether oxygens (including phenoxy) is 3. The summed E-state index contributed by atoms with van der Waals surface area (Å²) in [6.07, 6.45) is 1.86. The summed E-state index contributed by atoms with van der Waals surface area (Å²) in [6, 6.07) is 22.9. The van der Waals surface area contributed by atoms with Crippen LogP contribution < -0.4 is 19.5 Å². The first kappa shape index (κ1) is 23.1. The number of aliphatic hydroxyl groups excluding tert-OH is 1. The molecule has 4 rings (SSSR count). The van der Waals surface area contributed by atoms with E-state index < -0.39 is 6.10 Å². The number of aliphatic hydroxyl groups is 1. The highest BCUT2D eigenvalue weighted by Gasteiger charge is 2.28. The van der Waals surface area contributed by atoms with Crippen molar-refractivity contribution in [3.05, 3.63) is 89.0 Å². The summed E-state index contributed by atoms with van der Waals surface area (Å²) in [5.74, 6) is 2.57. The first-order valence-electron chi connectivity index (χ1n) is 11.5. The van der Waals surface area contributed by atoms with E-state index in [4.69, 9.17) is 14.2 Å². The Morgan fingerprint density at radius 3 is 2.03 bits per heavy atom. The van der Waals surface area contributed by atoms with Gasteiger partial charge in [0.05, 0.1) is 27.4 Å². The van der Waals surface area contributed by atoms with Crippen molar-refractivity contribution in [2.75, 3.05) is 27.9 Å². The fraction of sp³-hybridized carbons (Fsp3) is 0.357. The van der Waals surface area contributed by atoms with Crippen LogP contribution in [0.25, 0.3) is 0 Å². The van der Waals surface area contributed by atoms with Crippen molar-refractivity contribution < 1.29 is 19.3 Å². The summed E-state index contributed by atoms with van der Waals surface area (Å²) >= 11 is 0. The first-order valence-corrected chi connectivity index (χ1v) is 11.5. The topological polar surface area (TPSA) is 60.0 Å². The van der Waals surface area contributed by atoms with Crippen molar-refractivity contribution in [3.8, 4) is 17.2 Å². The third-order valence-electron chi connectivity index (χ3n) is 6.60. The van der Waals surface area contributed by atoms with Gasteiger partial charge >= 0.3 is 0 Å². The molecule has 1 aliphatic rings. The van der Waals surface area contributed by atoms with E-state index in [0.717, 1.165) is 36.4 Å². The largest absolute Gasteiger partial charge is 0.497 e. The van der Waals surface area contributed by atoms with E-state index in [9.17, 15) is 5.11 Å². The molecule has 0 aromatic heterocycles.